The van der Waals surface area contributed by atoms with Crippen LogP contribution >= 0.6 is 0 Å². The third-order valence-corrected chi connectivity index (χ3v) is 3.91. The maximum atomic E-state index is 8.89. The van der Waals surface area contributed by atoms with Gasteiger partial charge in [0.2, 0.25) is 0 Å². The Hall–Kier alpha value is -0.0800. The molecule has 0 aromatic heterocycles. The minimum Gasteiger partial charge on any atom is -0.396 e. The molecule has 0 radical (unpaired) electrons. The minimum absolute atomic E-state index is 0.343. The molecule has 1 heterocycles. The topological polar surface area (TPSA) is 29.5 Å². The lowest BCUT2D eigenvalue weighted by Gasteiger charge is -2.37. The maximum absolute atomic E-state index is 8.89. The van der Waals surface area contributed by atoms with Gasteiger partial charge in [-0.1, -0.05) is 25.7 Å². The van der Waals surface area contributed by atoms with E-state index in [4.69, 9.17) is 9.84 Å². The van der Waals surface area contributed by atoms with Gasteiger partial charge < -0.3 is 9.84 Å². The zero-order valence-corrected chi connectivity index (χ0v) is 8.95. The van der Waals surface area contributed by atoms with Gasteiger partial charge in [-0.2, -0.15) is 0 Å². The smallest absolute Gasteiger partial charge is 0.0627 e. The van der Waals surface area contributed by atoms with Gasteiger partial charge in [0, 0.05) is 13.2 Å². The summed E-state index contributed by atoms with van der Waals surface area (Å²) in [7, 11) is 0. The van der Waals surface area contributed by atoms with E-state index in [1.807, 2.05) is 0 Å². The first-order chi connectivity index (χ1) is 6.92. The summed E-state index contributed by atoms with van der Waals surface area (Å²) in [6.45, 7) is 1.31. The van der Waals surface area contributed by atoms with Gasteiger partial charge in [-0.3, -0.25) is 0 Å². The number of rotatable bonds is 5. The molecule has 2 fully saturated rings. The van der Waals surface area contributed by atoms with Crippen LogP contribution in [0.15, 0.2) is 0 Å². The van der Waals surface area contributed by atoms with Crippen molar-refractivity contribution in [1.29, 1.82) is 0 Å². The molecule has 1 saturated carbocycles. The second-order valence-electron chi connectivity index (χ2n) is 4.77. The molecule has 1 aliphatic carbocycles. The third kappa shape index (κ3) is 2.29. The molecule has 2 aliphatic rings. The van der Waals surface area contributed by atoms with Crippen molar-refractivity contribution < 1.29 is 9.84 Å². The molecule has 0 amide bonds. The molecule has 1 aliphatic heterocycles. The molecule has 0 bridgehead atoms. The Balaban J connectivity index is 1.83. The zero-order valence-electron chi connectivity index (χ0n) is 8.95. The molecule has 0 aromatic carbocycles. The lowest BCUT2D eigenvalue weighted by molar-refractivity contribution is -0.101. The Morgan fingerprint density at radius 1 is 1.21 bits per heavy atom. The summed E-state index contributed by atoms with van der Waals surface area (Å²) in [5, 5.41) is 8.89. The van der Waals surface area contributed by atoms with E-state index in [9.17, 15) is 0 Å². The summed E-state index contributed by atoms with van der Waals surface area (Å²) in [4.78, 5) is 0. The highest BCUT2D eigenvalue weighted by atomic mass is 16.5. The van der Waals surface area contributed by atoms with Crippen molar-refractivity contribution in [3.8, 4) is 0 Å². The van der Waals surface area contributed by atoms with Gasteiger partial charge in [0.05, 0.1) is 6.10 Å². The Bertz CT molecular complexity index is 160. The van der Waals surface area contributed by atoms with Gasteiger partial charge in [0.25, 0.3) is 0 Å². The number of aliphatic hydroxyl groups is 1. The van der Waals surface area contributed by atoms with Crippen LogP contribution in [0.1, 0.15) is 44.9 Å². The Morgan fingerprint density at radius 3 is 2.43 bits per heavy atom. The van der Waals surface area contributed by atoms with Crippen LogP contribution < -0.4 is 0 Å². The normalized spacial score (nSPS) is 30.2. The first kappa shape index (κ1) is 10.4. The number of ether oxygens (including phenoxy) is 1. The van der Waals surface area contributed by atoms with Crippen molar-refractivity contribution in [1.82, 2.24) is 0 Å². The molecular weight excluding hydrogens is 176 g/mol. The van der Waals surface area contributed by atoms with E-state index >= 15 is 0 Å². The fourth-order valence-electron chi connectivity index (χ4n) is 3.03. The molecule has 2 atom stereocenters. The standard InChI is InChI=1S/C12H22O2/c13-8-3-6-11(12-7-9-14-12)10-4-1-2-5-10/h10-13H,1-9H2. The van der Waals surface area contributed by atoms with Gasteiger partial charge >= 0.3 is 0 Å². The van der Waals surface area contributed by atoms with Crippen LogP contribution in [0.2, 0.25) is 0 Å². The van der Waals surface area contributed by atoms with E-state index in [0.29, 0.717) is 12.7 Å². The van der Waals surface area contributed by atoms with E-state index in [-0.39, 0.29) is 0 Å². The van der Waals surface area contributed by atoms with E-state index in [0.717, 1.165) is 24.9 Å². The molecule has 0 spiro atoms. The van der Waals surface area contributed by atoms with Crippen LogP contribution in [0, 0.1) is 11.8 Å². The van der Waals surface area contributed by atoms with Gasteiger partial charge in [-0.25, -0.2) is 0 Å². The molecule has 1 N–H and O–H groups in total. The minimum atomic E-state index is 0.343. The second kappa shape index (κ2) is 5.13. The summed E-state index contributed by atoms with van der Waals surface area (Å²) < 4.78 is 5.62. The SMILES string of the molecule is OCCCC(C1CCCC1)C1CCO1. The highest BCUT2D eigenvalue weighted by Crippen LogP contribution is 2.39. The van der Waals surface area contributed by atoms with Gasteiger partial charge in [0.1, 0.15) is 0 Å². The molecule has 2 unspecified atom stereocenters. The largest absolute Gasteiger partial charge is 0.396 e. The molecule has 0 aromatic rings. The van der Waals surface area contributed by atoms with Crippen molar-refractivity contribution in [2.75, 3.05) is 13.2 Å². The highest BCUT2D eigenvalue weighted by Gasteiger charge is 2.34. The summed E-state index contributed by atoms with van der Waals surface area (Å²) in [5.74, 6) is 1.64. The van der Waals surface area contributed by atoms with Crippen LogP contribution in [0.25, 0.3) is 0 Å². The number of hydrogen-bond donors (Lipinski definition) is 1. The van der Waals surface area contributed by atoms with Crippen LogP contribution in [0.4, 0.5) is 0 Å². The van der Waals surface area contributed by atoms with Crippen molar-refractivity contribution in [2.24, 2.45) is 11.8 Å². The lowest BCUT2D eigenvalue weighted by atomic mass is 9.80. The number of hydrogen-bond acceptors (Lipinski definition) is 2. The zero-order chi connectivity index (χ0) is 9.80. The Labute approximate surface area is 86.6 Å². The van der Waals surface area contributed by atoms with Crippen molar-refractivity contribution in [3.63, 3.8) is 0 Å². The Kier molecular flexibility index (Phi) is 3.82. The van der Waals surface area contributed by atoms with Gasteiger partial charge in [-0.05, 0) is 31.1 Å². The molecule has 2 heteroatoms. The van der Waals surface area contributed by atoms with Crippen LogP contribution in [0.5, 0.6) is 0 Å². The first-order valence-corrected chi connectivity index (χ1v) is 6.14. The molecular formula is C12H22O2. The molecule has 2 nitrogen and oxygen atoms in total. The average Bonchev–Trinajstić information content (AvgIpc) is 2.61. The van der Waals surface area contributed by atoms with E-state index in [2.05, 4.69) is 0 Å². The van der Waals surface area contributed by atoms with Crippen LogP contribution in [-0.4, -0.2) is 24.4 Å². The summed E-state index contributed by atoms with van der Waals surface area (Å²) in [6.07, 6.45) is 9.54. The van der Waals surface area contributed by atoms with Crippen molar-refractivity contribution in [2.45, 2.75) is 51.0 Å². The van der Waals surface area contributed by atoms with Gasteiger partial charge in [0.15, 0.2) is 0 Å². The maximum Gasteiger partial charge on any atom is 0.0627 e. The van der Waals surface area contributed by atoms with Crippen molar-refractivity contribution in [3.05, 3.63) is 0 Å². The fraction of sp³-hybridized carbons (Fsp3) is 1.00. The predicted molar refractivity (Wildman–Crippen MR) is 56.1 cm³/mol. The lowest BCUT2D eigenvalue weighted by Crippen LogP contribution is -2.38. The van der Waals surface area contributed by atoms with Gasteiger partial charge in [-0.15, -0.1) is 0 Å². The highest BCUT2D eigenvalue weighted by molar-refractivity contribution is 4.84. The van der Waals surface area contributed by atoms with Crippen LogP contribution in [0.3, 0.4) is 0 Å². The second-order valence-corrected chi connectivity index (χ2v) is 4.77. The predicted octanol–water partition coefficient (Wildman–Crippen LogP) is 2.35. The third-order valence-electron chi connectivity index (χ3n) is 3.91. The molecule has 14 heavy (non-hydrogen) atoms. The Morgan fingerprint density at radius 2 is 1.93 bits per heavy atom. The monoisotopic (exact) mass is 198 g/mol. The summed E-state index contributed by atoms with van der Waals surface area (Å²) >= 11 is 0. The summed E-state index contributed by atoms with van der Waals surface area (Å²) in [6, 6.07) is 0. The van der Waals surface area contributed by atoms with Crippen LogP contribution in [-0.2, 0) is 4.74 Å². The van der Waals surface area contributed by atoms with Crippen molar-refractivity contribution >= 4 is 0 Å². The number of aliphatic hydroxyl groups excluding tert-OH is 1. The van der Waals surface area contributed by atoms with E-state index in [1.54, 1.807) is 0 Å². The molecule has 1 saturated heterocycles. The van der Waals surface area contributed by atoms with E-state index < -0.39 is 0 Å². The van der Waals surface area contributed by atoms with E-state index in [1.165, 1.54) is 38.5 Å². The fourth-order valence-corrected chi connectivity index (χ4v) is 3.03. The quantitative estimate of drug-likeness (QED) is 0.735. The average molecular weight is 198 g/mol. The molecule has 82 valence electrons. The molecule has 2 rings (SSSR count). The first-order valence-electron chi connectivity index (χ1n) is 6.14. The summed E-state index contributed by atoms with van der Waals surface area (Å²) in [5.41, 5.74) is 0.